The fourth-order valence-electron chi connectivity index (χ4n) is 3.83. The largest absolute Gasteiger partial charge is 0.330 e. The lowest BCUT2D eigenvalue weighted by Crippen LogP contribution is -1.97. The summed E-state index contributed by atoms with van der Waals surface area (Å²) < 4.78 is 0. The van der Waals surface area contributed by atoms with Crippen LogP contribution in [0, 0.1) is 0 Å². The first-order valence-corrected chi connectivity index (χ1v) is 15.3. The Morgan fingerprint density at radius 3 is 0.545 bits per heavy atom. The van der Waals surface area contributed by atoms with E-state index in [1.165, 1.54) is 154 Å². The topological polar surface area (TPSA) is 78.1 Å². The van der Waals surface area contributed by atoms with E-state index in [4.69, 9.17) is 17.2 Å². The Kier molecular flexibility index (Phi) is 47.7. The van der Waals surface area contributed by atoms with Crippen LogP contribution in [0.3, 0.4) is 0 Å². The molecule has 0 aromatic heterocycles. The Bertz CT molecular complexity index is 247. The highest BCUT2D eigenvalue weighted by Gasteiger charge is 1.91. The van der Waals surface area contributed by atoms with Gasteiger partial charge in [0.2, 0.25) is 0 Å². The number of rotatable bonds is 24. The molecule has 0 radical (unpaired) electrons. The predicted molar refractivity (Wildman–Crippen MR) is 155 cm³/mol. The van der Waals surface area contributed by atoms with Gasteiger partial charge in [-0.2, -0.15) is 0 Å². The van der Waals surface area contributed by atoms with Crippen molar-refractivity contribution >= 4 is 0 Å². The summed E-state index contributed by atoms with van der Waals surface area (Å²) in [6.45, 7) is 9.38. The Balaban J connectivity index is -0.000000416. The van der Waals surface area contributed by atoms with Gasteiger partial charge < -0.3 is 17.2 Å². The molecule has 6 N–H and O–H groups in total. The van der Waals surface area contributed by atoms with E-state index in [-0.39, 0.29) is 0 Å². The first-order chi connectivity index (χ1) is 16.2. The average molecular weight is 472 g/mol. The number of hydrogen-bond acceptors (Lipinski definition) is 3. The van der Waals surface area contributed by atoms with Gasteiger partial charge in [-0.25, -0.2) is 0 Å². The smallest absolute Gasteiger partial charge is 0.00773 e. The second-order valence-electron chi connectivity index (χ2n) is 9.79. The Morgan fingerprint density at radius 2 is 0.394 bits per heavy atom. The van der Waals surface area contributed by atoms with Crippen molar-refractivity contribution in [3.05, 3.63) is 0 Å². The van der Waals surface area contributed by atoms with Crippen LogP contribution in [0.25, 0.3) is 0 Å². The van der Waals surface area contributed by atoms with Gasteiger partial charge >= 0.3 is 0 Å². The summed E-state index contributed by atoms with van der Waals surface area (Å²) in [6.07, 6.45) is 33.0. The van der Waals surface area contributed by atoms with Gasteiger partial charge in [0.15, 0.2) is 0 Å². The van der Waals surface area contributed by atoms with Crippen LogP contribution in [-0.4, -0.2) is 19.6 Å². The van der Waals surface area contributed by atoms with Crippen molar-refractivity contribution < 1.29 is 0 Å². The van der Waals surface area contributed by atoms with Gasteiger partial charge in [-0.15, -0.1) is 0 Å². The molecule has 0 fully saturated rings. The molecule has 0 aliphatic carbocycles. The van der Waals surface area contributed by atoms with Crippen LogP contribution in [0.5, 0.6) is 0 Å². The maximum absolute atomic E-state index is 5.42. The number of nitrogens with two attached hydrogens (primary N) is 3. The minimum Gasteiger partial charge on any atom is -0.330 e. The molecule has 0 spiro atoms. The van der Waals surface area contributed by atoms with Crippen molar-refractivity contribution in [1.29, 1.82) is 0 Å². The van der Waals surface area contributed by atoms with E-state index in [0.29, 0.717) is 0 Å². The van der Waals surface area contributed by atoms with Crippen molar-refractivity contribution in [2.45, 2.75) is 175 Å². The second kappa shape index (κ2) is 42.1. The zero-order chi connectivity index (χ0) is 25.1. The molecule has 0 atom stereocenters. The predicted octanol–water partition coefficient (Wildman–Crippen LogP) is 9.26. The van der Waals surface area contributed by atoms with E-state index in [1.54, 1.807) is 0 Å². The summed E-state index contributed by atoms with van der Waals surface area (Å²) >= 11 is 0. The van der Waals surface area contributed by atoms with Crippen LogP contribution in [0.1, 0.15) is 175 Å². The molecule has 0 unspecified atom stereocenters. The minimum atomic E-state index is 0.867. The molecular formula is C30H69N3. The summed E-state index contributed by atoms with van der Waals surface area (Å²) in [6, 6.07) is 0. The molecule has 0 aliphatic rings. The van der Waals surface area contributed by atoms with Crippen molar-refractivity contribution in [2.75, 3.05) is 19.6 Å². The van der Waals surface area contributed by atoms with E-state index in [0.717, 1.165) is 19.6 Å². The van der Waals surface area contributed by atoms with Crippen LogP contribution in [0.2, 0.25) is 0 Å². The van der Waals surface area contributed by atoms with E-state index in [1.807, 2.05) is 0 Å². The maximum Gasteiger partial charge on any atom is -0.00773 e. The third-order valence-electron chi connectivity index (χ3n) is 6.17. The molecule has 0 saturated heterocycles. The van der Waals surface area contributed by atoms with E-state index in [9.17, 15) is 0 Å². The molecular weight excluding hydrogens is 402 g/mol. The van der Waals surface area contributed by atoms with E-state index >= 15 is 0 Å². The molecule has 3 nitrogen and oxygen atoms in total. The van der Waals surface area contributed by atoms with Gasteiger partial charge in [0.05, 0.1) is 0 Å². The van der Waals surface area contributed by atoms with Crippen LogP contribution in [-0.2, 0) is 0 Å². The molecule has 0 aliphatic heterocycles. The molecule has 0 aromatic rings. The molecule has 0 aromatic carbocycles. The summed E-state index contributed by atoms with van der Waals surface area (Å²) in [5, 5.41) is 0. The molecule has 0 bridgehead atoms. The number of hydrogen-bond donors (Lipinski definition) is 3. The molecule has 0 saturated carbocycles. The highest BCUT2D eigenvalue weighted by atomic mass is 14.5. The van der Waals surface area contributed by atoms with Crippen molar-refractivity contribution in [1.82, 2.24) is 0 Å². The lowest BCUT2D eigenvalue weighted by Gasteiger charge is -2.00. The van der Waals surface area contributed by atoms with Gasteiger partial charge in [0, 0.05) is 0 Å². The summed E-state index contributed by atoms with van der Waals surface area (Å²) in [5.74, 6) is 0. The highest BCUT2D eigenvalue weighted by Crippen LogP contribution is 2.10. The van der Waals surface area contributed by atoms with Crippen molar-refractivity contribution in [3.8, 4) is 0 Å². The SMILES string of the molecule is CCCCCCCCCCCCN.CCCCCCCCCCN.CCCCCCCCN. The zero-order valence-electron chi connectivity index (χ0n) is 23.8. The van der Waals surface area contributed by atoms with E-state index in [2.05, 4.69) is 20.8 Å². The first-order valence-electron chi connectivity index (χ1n) is 15.3. The quantitative estimate of drug-likeness (QED) is 0.123. The molecule has 0 amide bonds. The summed E-state index contributed by atoms with van der Waals surface area (Å²) in [5.41, 5.74) is 16.2. The molecule has 0 heterocycles. The minimum absolute atomic E-state index is 0.867. The molecule has 3 heteroatoms. The van der Waals surface area contributed by atoms with Gasteiger partial charge in [-0.3, -0.25) is 0 Å². The monoisotopic (exact) mass is 472 g/mol. The van der Waals surface area contributed by atoms with Gasteiger partial charge in [0.1, 0.15) is 0 Å². The Labute approximate surface area is 211 Å². The first kappa shape index (κ1) is 37.4. The third kappa shape index (κ3) is 49.9. The van der Waals surface area contributed by atoms with Crippen LogP contribution < -0.4 is 17.2 Å². The summed E-state index contributed by atoms with van der Waals surface area (Å²) in [4.78, 5) is 0. The lowest BCUT2D eigenvalue weighted by molar-refractivity contribution is 0.558. The lowest BCUT2D eigenvalue weighted by atomic mass is 10.1. The van der Waals surface area contributed by atoms with Crippen LogP contribution in [0.15, 0.2) is 0 Å². The van der Waals surface area contributed by atoms with Crippen molar-refractivity contribution in [3.63, 3.8) is 0 Å². The fourth-order valence-corrected chi connectivity index (χ4v) is 3.83. The normalized spacial score (nSPS) is 10.4. The second-order valence-corrected chi connectivity index (χ2v) is 9.79. The van der Waals surface area contributed by atoms with Crippen LogP contribution in [0.4, 0.5) is 0 Å². The maximum atomic E-state index is 5.42. The number of unbranched alkanes of at least 4 members (excludes halogenated alkanes) is 21. The van der Waals surface area contributed by atoms with E-state index < -0.39 is 0 Å². The molecule has 33 heavy (non-hydrogen) atoms. The summed E-state index contributed by atoms with van der Waals surface area (Å²) in [7, 11) is 0. The van der Waals surface area contributed by atoms with Gasteiger partial charge in [-0.1, -0.05) is 156 Å². The Hall–Kier alpha value is -0.120. The average Bonchev–Trinajstić information content (AvgIpc) is 2.83. The standard InChI is InChI=1S/C12H27N.C10H23N.C8H19N/c1-2-3-4-5-6-7-8-9-10-11-12-13;1-2-3-4-5-6-7-8-9-10-11;1-2-3-4-5-6-7-8-9/h2-13H2,1H3;2-11H2,1H3;2-9H2,1H3. The molecule has 0 rings (SSSR count). The molecule has 204 valence electrons. The van der Waals surface area contributed by atoms with Crippen molar-refractivity contribution in [2.24, 2.45) is 17.2 Å². The zero-order valence-corrected chi connectivity index (χ0v) is 23.8. The van der Waals surface area contributed by atoms with Crippen LogP contribution >= 0.6 is 0 Å². The van der Waals surface area contributed by atoms with Gasteiger partial charge in [0.25, 0.3) is 0 Å². The fraction of sp³-hybridized carbons (Fsp3) is 1.00. The highest BCUT2D eigenvalue weighted by molar-refractivity contribution is 4.48. The van der Waals surface area contributed by atoms with Gasteiger partial charge in [-0.05, 0) is 38.9 Å². The third-order valence-corrected chi connectivity index (χ3v) is 6.17. The Morgan fingerprint density at radius 1 is 0.242 bits per heavy atom.